The number of fused-ring (bicyclic) bond motifs is 8. The van der Waals surface area contributed by atoms with Crippen LogP contribution in [0, 0.1) is 0 Å². The summed E-state index contributed by atoms with van der Waals surface area (Å²) in [7, 11) is 0. The maximum Gasteiger partial charge on any atom is 0.153 e. The summed E-state index contributed by atoms with van der Waals surface area (Å²) in [4.78, 5) is 39.5. The summed E-state index contributed by atoms with van der Waals surface area (Å²) in [6.45, 7) is 0. The Labute approximate surface area is 160 Å². The lowest BCUT2D eigenvalue weighted by Gasteiger charge is -1.93. The SMILES string of the molecule is O=Cc1c2nc(c(C=O)c3ccc(cc4nc(cc5ccc1[nH]5)CC4)[nH]3)CC2. The number of rotatable bonds is 2. The summed E-state index contributed by atoms with van der Waals surface area (Å²) in [5.41, 5.74) is 7.77. The van der Waals surface area contributed by atoms with E-state index in [9.17, 15) is 9.59 Å². The summed E-state index contributed by atoms with van der Waals surface area (Å²) >= 11 is 0. The van der Waals surface area contributed by atoms with Crippen LogP contribution in [0.4, 0.5) is 0 Å². The molecule has 6 heteroatoms. The number of aromatic nitrogens is 4. The first-order valence-corrected chi connectivity index (χ1v) is 9.33. The van der Waals surface area contributed by atoms with Crippen LogP contribution >= 0.6 is 0 Å². The molecule has 0 amide bonds. The van der Waals surface area contributed by atoms with Gasteiger partial charge in [0.15, 0.2) is 12.6 Å². The number of carbonyl (C=O) groups is 2. The van der Waals surface area contributed by atoms with Crippen molar-refractivity contribution >= 4 is 34.6 Å². The number of nitrogens with zero attached hydrogens (tertiary/aromatic N) is 2. The van der Waals surface area contributed by atoms with Crippen molar-refractivity contribution < 1.29 is 9.59 Å². The third kappa shape index (κ3) is 2.83. The molecule has 28 heavy (non-hydrogen) atoms. The molecule has 5 heterocycles. The lowest BCUT2D eigenvalue weighted by Crippen LogP contribution is -1.90. The van der Waals surface area contributed by atoms with Gasteiger partial charge < -0.3 is 9.97 Å². The Morgan fingerprint density at radius 2 is 1.18 bits per heavy atom. The van der Waals surface area contributed by atoms with E-state index in [2.05, 4.69) is 15.0 Å². The Kier molecular flexibility index (Phi) is 3.90. The predicted octanol–water partition coefficient (Wildman–Crippen LogP) is 3.51. The van der Waals surface area contributed by atoms with Gasteiger partial charge >= 0.3 is 0 Å². The van der Waals surface area contributed by atoms with Gasteiger partial charge in [-0.25, -0.2) is 0 Å². The Morgan fingerprint density at radius 3 is 1.64 bits per heavy atom. The third-order valence-electron chi connectivity index (χ3n) is 5.29. The fraction of sp³-hybridized carbons (Fsp3) is 0.182. The fourth-order valence-corrected chi connectivity index (χ4v) is 3.90. The lowest BCUT2D eigenvalue weighted by molar-refractivity contribution is 0.111. The van der Waals surface area contributed by atoms with Gasteiger partial charge in [-0.2, -0.15) is 0 Å². The number of hydrogen-bond donors (Lipinski definition) is 2. The second-order valence-electron chi connectivity index (χ2n) is 7.11. The molecule has 6 nitrogen and oxygen atoms in total. The van der Waals surface area contributed by atoms with Crippen LogP contribution < -0.4 is 0 Å². The molecule has 2 aliphatic rings. The highest BCUT2D eigenvalue weighted by molar-refractivity contribution is 5.90. The van der Waals surface area contributed by atoms with Gasteiger partial charge in [-0.05, 0) is 62.1 Å². The van der Waals surface area contributed by atoms with E-state index in [0.717, 1.165) is 58.9 Å². The number of nitrogens with one attached hydrogen (secondary N) is 2. The van der Waals surface area contributed by atoms with Crippen molar-refractivity contribution in [2.24, 2.45) is 0 Å². The van der Waals surface area contributed by atoms with Crippen LogP contribution in [0.25, 0.3) is 22.1 Å². The quantitative estimate of drug-likeness (QED) is 0.675. The van der Waals surface area contributed by atoms with Crippen LogP contribution in [0.15, 0.2) is 36.4 Å². The summed E-state index contributed by atoms with van der Waals surface area (Å²) in [5.74, 6) is 0. The molecule has 0 saturated carbocycles. The monoisotopic (exact) mass is 370 g/mol. The Morgan fingerprint density at radius 1 is 0.679 bits per heavy atom. The zero-order valence-corrected chi connectivity index (χ0v) is 15.2. The highest BCUT2D eigenvalue weighted by Gasteiger charge is 2.16. The van der Waals surface area contributed by atoms with E-state index >= 15 is 0 Å². The minimum absolute atomic E-state index is 0.535. The molecular weight excluding hydrogens is 352 g/mol. The normalized spacial score (nSPS) is 13.4. The van der Waals surface area contributed by atoms with Crippen molar-refractivity contribution in [3.63, 3.8) is 0 Å². The maximum absolute atomic E-state index is 11.8. The van der Waals surface area contributed by atoms with Crippen LogP contribution in [0.1, 0.15) is 43.5 Å². The minimum atomic E-state index is 0.535. The van der Waals surface area contributed by atoms with Crippen molar-refractivity contribution in [2.75, 3.05) is 0 Å². The number of aromatic amines is 2. The first-order chi connectivity index (χ1) is 13.7. The molecule has 0 aliphatic carbocycles. The molecule has 0 radical (unpaired) electrons. The van der Waals surface area contributed by atoms with Gasteiger partial charge in [0.2, 0.25) is 0 Å². The van der Waals surface area contributed by atoms with E-state index in [1.165, 1.54) is 0 Å². The average molecular weight is 370 g/mol. The van der Waals surface area contributed by atoms with E-state index in [4.69, 9.17) is 4.98 Å². The molecule has 3 aromatic rings. The Bertz CT molecular complexity index is 1170. The first-order valence-electron chi connectivity index (χ1n) is 9.33. The lowest BCUT2D eigenvalue weighted by atomic mass is 10.1. The minimum Gasteiger partial charge on any atom is -0.355 e. The molecule has 0 saturated heterocycles. The summed E-state index contributed by atoms with van der Waals surface area (Å²) in [5, 5.41) is 0. The molecular formula is C22H18N4O2. The molecule has 8 bridgehead atoms. The van der Waals surface area contributed by atoms with Gasteiger partial charge in [-0.3, -0.25) is 19.6 Å². The second kappa shape index (κ2) is 6.56. The molecule has 138 valence electrons. The van der Waals surface area contributed by atoms with Crippen LogP contribution in [0.2, 0.25) is 0 Å². The first kappa shape index (κ1) is 16.6. The smallest absolute Gasteiger partial charge is 0.153 e. The second-order valence-corrected chi connectivity index (χ2v) is 7.11. The fourth-order valence-electron chi connectivity index (χ4n) is 3.90. The molecule has 0 fully saturated rings. The van der Waals surface area contributed by atoms with Gasteiger partial charge in [0.1, 0.15) is 0 Å². The van der Waals surface area contributed by atoms with Gasteiger partial charge in [0, 0.05) is 22.4 Å². The van der Waals surface area contributed by atoms with Crippen LogP contribution in [0.5, 0.6) is 0 Å². The van der Waals surface area contributed by atoms with Crippen LogP contribution in [0.3, 0.4) is 0 Å². The molecule has 0 unspecified atom stereocenters. The van der Waals surface area contributed by atoms with Crippen molar-refractivity contribution in [3.8, 4) is 0 Å². The predicted molar refractivity (Wildman–Crippen MR) is 107 cm³/mol. The zero-order valence-electron chi connectivity index (χ0n) is 15.2. The molecule has 3 aromatic heterocycles. The van der Waals surface area contributed by atoms with Crippen molar-refractivity contribution in [1.29, 1.82) is 0 Å². The Hall–Kier alpha value is -3.54. The van der Waals surface area contributed by atoms with E-state index in [1.807, 2.05) is 36.4 Å². The Balaban J connectivity index is 1.91. The van der Waals surface area contributed by atoms with Gasteiger partial charge in [0.25, 0.3) is 0 Å². The van der Waals surface area contributed by atoms with Crippen LogP contribution in [-0.4, -0.2) is 32.5 Å². The summed E-state index contributed by atoms with van der Waals surface area (Å²) in [6.07, 6.45) is 4.67. The highest BCUT2D eigenvalue weighted by Crippen LogP contribution is 2.21. The molecule has 5 rings (SSSR count). The van der Waals surface area contributed by atoms with Crippen molar-refractivity contribution in [1.82, 2.24) is 19.9 Å². The van der Waals surface area contributed by atoms with E-state index in [0.29, 0.717) is 35.4 Å². The number of hydrogen-bond acceptors (Lipinski definition) is 4. The average Bonchev–Trinajstić information content (AvgIpc) is 3.46. The molecule has 0 aromatic carbocycles. The summed E-state index contributed by atoms with van der Waals surface area (Å²) < 4.78 is 0. The standard InChI is InChI=1S/C22H18N4O2/c27-11-17-19-5-3-15(24-19)9-13-1-2-14(23-13)10-16-4-6-20(25-16)18(12-28)22-8-7-21(17)26-22/h3-6,9-12,24-25H,1-2,7-8H2. The third-order valence-corrected chi connectivity index (χ3v) is 5.29. The number of aryl methyl sites for hydroxylation is 4. The van der Waals surface area contributed by atoms with Crippen molar-refractivity contribution in [3.05, 3.63) is 70.3 Å². The number of aldehydes is 2. The zero-order chi connectivity index (χ0) is 19.1. The van der Waals surface area contributed by atoms with E-state index < -0.39 is 0 Å². The topological polar surface area (TPSA) is 91.5 Å². The van der Waals surface area contributed by atoms with E-state index in [-0.39, 0.29) is 0 Å². The molecule has 0 spiro atoms. The highest BCUT2D eigenvalue weighted by atomic mass is 16.1. The largest absolute Gasteiger partial charge is 0.355 e. The number of H-pyrrole nitrogens is 2. The van der Waals surface area contributed by atoms with Gasteiger partial charge in [-0.1, -0.05) is 0 Å². The van der Waals surface area contributed by atoms with Crippen LogP contribution in [-0.2, 0) is 25.7 Å². The number of carbonyl (C=O) groups excluding carboxylic acids is 2. The van der Waals surface area contributed by atoms with Gasteiger partial charge in [0.05, 0.1) is 33.5 Å². The maximum atomic E-state index is 11.8. The van der Waals surface area contributed by atoms with E-state index in [1.54, 1.807) is 0 Å². The molecule has 2 N–H and O–H groups in total. The summed E-state index contributed by atoms with van der Waals surface area (Å²) in [6, 6.07) is 11.7. The van der Waals surface area contributed by atoms with Crippen molar-refractivity contribution in [2.45, 2.75) is 25.7 Å². The molecule has 0 atom stereocenters. The van der Waals surface area contributed by atoms with Gasteiger partial charge in [-0.15, -0.1) is 0 Å². The molecule has 2 aliphatic heterocycles.